The van der Waals surface area contributed by atoms with E-state index in [0.717, 1.165) is 57.9 Å². The first-order chi connectivity index (χ1) is 13.6. The van der Waals surface area contributed by atoms with Crippen molar-refractivity contribution in [2.24, 2.45) is 0 Å². The summed E-state index contributed by atoms with van der Waals surface area (Å²) >= 11 is 0. The lowest BCUT2D eigenvalue weighted by molar-refractivity contribution is 0.0758. The van der Waals surface area contributed by atoms with Crippen LogP contribution in [0.1, 0.15) is 52.1 Å². The second-order valence-electron chi connectivity index (χ2n) is 7.61. The van der Waals surface area contributed by atoms with Crippen LogP contribution in [0.4, 0.5) is 0 Å². The average Bonchev–Trinajstić information content (AvgIpc) is 3.12. The van der Waals surface area contributed by atoms with Crippen LogP contribution in [0.5, 0.6) is 0 Å². The maximum absolute atomic E-state index is 12.9. The smallest absolute Gasteiger partial charge is 0.259 e. The summed E-state index contributed by atoms with van der Waals surface area (Å²) in [6, 6.07) is 0. The molecule has 0 spiro atoms. The third-order valence-electron chi connectivity index (χ3n) is 5.78. The van der Waals surface area contributed by atoms with Crippen LogP contribution in [0.2, 0.25) is 0 Å². The van der Waals surface area contributed by atoms with Gasteiger partial charge in [0, 0.05) is 56.9 Å². The Morgan fingerprint density at radius 3 is 2.79 bits per heavy atom. The summed E-state index contributed by atoms with van der Waals surface area (Å²) in [5.74, 6) is 0.625. The largest absolute Gasteiger partial charge is 0.376 e. The summed E-state index contributed by atoms with van der Waals surface area (Å²) in [7, 11) is 0. The summed E-state index contributed by atoms with van der Waals surface area (Å²) in [6.07, 6.45) is 1.89. The van der Waals surface area contributed by atoms with Gasteiger partial charge in [-0.25, -0.2) is 0 Å². The first kappa shape index (κ1) is 19.1. The normalized spacial score (nSPS) is 18.2. The van der Waals surface area contributed by atoms with Gasteiger partial charge in [0.05, 0.1) is 24.6 Å². The molecule has 28 heavy (non-hydrogen) atoms. The summed E-state index contributed by atoms with van der Waals surface area (Å²) in [5.41, 5.74) is 5.00. The number of nitrogens with zero attached hydrogens (tertiary/aromatic N) is 5. The number of rotatable bonds is 4. The second kappa shape index (κ2) is 8.05. The van der Waals surface area contributed by atoms with E-state index in [2.05, 4.69) is 21.7 Å². The van der Waals surface area contributed by atoms with E-state index in [0.29, 0.717) is 30.2 Å². The number of aromatic nitrogens is 3. The topological polar surface area (TPSA) is 76.6 Å². The minimum absolute atomic E-state index is 0.0270. The summed E-state index contributed by atoms with van der Waals surface area (Å²) in [5, 5.41) is 8.77. The molecule has 0 aromatic carbocycles. The van der Waals surface area contributed by atoms with Gasteiger partial charge in [0.25, 0.3) is 5.91 Å². The Balaban J connectivity index is 1.44. The zero-order chi connectivity index (χ0) is 19.7. The van der Waals surface area contributed by atoms with Crippen molar-refractivity contribution in [3.63, 3.8) is 0 Å². The molecule has 0 atom stereocenters. The predicted octanol–water partition coefficient (Wildman–Crippen LogP) is 1.93. The highest BCUT2D eigenvalue weighted by atomic mass is 16.5. The predicted molar refractivity (Wildman–Crippen MR) is 103 cm³/mol. The molecule has 152 valence electrons. The van der Waals surface area contributed by atoms with Gasteiger partial charge in [-0.1, -0.05) is 5.16 Å². The summed E-state index contributed by atoms with van der Waals surface area (Å²) in [6.45, 7) is 12.2. The molecule has 2 aliphatic rings. The SMILES string of the molecule is CCn1nc(CN2CCCN(C(=O)c3c(C)noc3C)CC2)c2c1CCOC2. The number of hydrogen-bond acceptors (Lipinski definition) is 6. The van der Waals surface area contributed by atoms with Crippen molar-refractivity contribution in [2.75, 3.05) is 32.8 Å². The monoisotopic (exact) mass is 387 g/mol. The molecule has 2 aromatic rings. The molecule has 2 aromatic heterocycles. The minimum Gasteiger partial charge on any atom is -0.376 e. The van der Waals surface area contributed by atoms with Gasteiger partial charge < -0.3 is 14.2 Å². The molecule has 0 bridgehead atoms. The number of hydrogen-bond donors (Lipinski definition) is 0. The number of amides is 1. The number of ether oxygens (including phenoxy) is 1. The number of carbonyl (C=O) groups excluding carboxylic acids is 1. The van der Waals surface area contributed by atoms with Crippen molar-refractivity contribution < 1.29 is 14.1 Å². The molecule has 8 heteroatoms. The van der Waals surface area contributed by atoms with Gasteiger partial charge in [0.2, 0.25) is 0 Å². The lowest BCUT2D eigenvalue weighted by Gasteiger charge is -2.22. The molecule has 0 N–H and O–H groups in total. The zero-order valence-corrected chi connectivity index (χ0v) is 17.0. The maximum atomic E-state index is 12.9. The molecule has 0 saturated carbocycles. The van der Waals surface area contributed by atoms with Crippen LogP contribution in [0.3, 0.4) is 0 Å². The Bertz CT molecular complexity index is 837. The summed E-state index contributed by atoms with van der Waals surface area (Å²) < 4.78 is 13.0. The fourth-order valence-electron chi connectivity index (χ4n) is 4.26. The molecule has 2 aliphatic heterocycles. The Morgan fingerprint density at radius 2 is 2.04 bits per heavy atom. The number of aryl methyl sites for hydroxylation is 3. The first-order valence-electron chi connectivity index (χ1n) is 10.2. The molecular formula is C20H29N5O3. The minimum atomic E-state index is 0.0270. The summed E-state index contributed by atoms with van der Waals surface area (Å²) in [4.78, 5) is 17.3. The van der Waals surface area contributed by atoms with Gasteiger partial charge in [-0.15, -0.1) is 0 Å². The standard InChI is InChI=1S/C20H29N5O3/c1-4-25-18-6-11-27-13-16(18)17(21-25)12-23-7-5-8-24(10-9-23)20(26)19-14(2)22-28-15(19)3/h4-13H2,1-3H3. The van der Waals surface area contributed by atoms with Crippen molar-refractivity contribution in [3.05, 3.63) is 34.0 Å². The molecule has 4 heterocycles. The third kappa shape index (κ3) is 3.58. The van der Waals surface area contributed by atoms with E-state index in [1.807, 2.05) is 11.8 Å². The van der Waals surface area contributed by atoms with Crippen LogP contribution in [-0.4, -0.2) is 63.4 Å². The van der Waals surface area contributed by atoms with Gasteiger partial charge >= 0.3 is 0 Å². The third-order valence-corrected chi connectivity index (χ3v) is 5.78. The first-order valence-corrected chi connectivity index (χ1v) is 10.2. The van der Waals surface area contributed by atoms with Crippen LogP contribution in [-0.2, 0) is 30.9 Å². The molecule has 0 unspecified atom stereocenters. The van der Waals surface area contributed by atoms with Crippen molar-refractivity contribution in [1.29, 1.82) is 0 Å². The van der Waals surface area contributed by atoms with Crippen LogP contribution in [0.15, 0.2) is 4.52 Å². The molecule has 0 aliphatic carbocycles. The fourth-order valence-corrected chi connectivity index (χ4v) is 4.26. The van der Waals surface area contributed by atoms with Gasteiger partial charge in [-0.3, -0.25) is 14.4 Å². The number of carbonyl (C=O) groups is 1. The quantitative estimate of drug-likeness (QED) is 0.798. The van der Waals surface area contributed by atoms with E-state index in [-0.39, 0.29) is 5.91 Å². The van der Waals surface area contributed by atoms with Gasteiger partial charge in [-0.05, 0) is 27.2 Å². The van der Waals surface area contributed by atoms with E-state index >= 15 is 0 Å². The zero-order valence-electron chi connectivity index (χ0n) is 17.0. The second-order valence-corrected chi connectivity index (χ2v) is 7.61. The van der Waals surface area contributed by atoms with Crippen LogP contribution >= 0.6 is 0 Å². The Labute approximate surface area is 165 Å². The molecule has 1 fully saturated rings. The van der Waals surface area contributed by atoms with E-state index in [9.17, 15) is 4.79 Å². The van der Waals surface area contributed by atoms with Gasteiger partial charge in [0.1, 0.15) is 11.3 Å². The van der Waals surface area contributed by atoms with Crippen LogP contribution in [0.25, 0.3) is 0 Å². The molecular weight excluding hydrogens is 358 g/mol. The molecule has 1 amide bonds. The highest BCUT2D eigenvalue weighted by molar-refractivity contribution is 5.96. The Morgan fingerprint density at radius 1 is 1.18 bits per heavy atom. The van der Waals surface area contributed by atoms with Crippen molar-refractivity contribution in [3.8, 4) is 0 Å². The van der Waals surface area contributed by atoms with Crippen LogP contribution < -0.4 is 0 Å². The highest BCUT2D eigenvalue weighted by Gasteiger charge is 2.27. The van der Waals surface area contributed by atoms with Crippen molar-refractivity contribution in [1.82, 2.24) is 24.7 Å². The maximum Gasteiger partial charge on any atom is 0.259 e. The van der Waals surface area contributed by atoms with E-state index in [1.54, 1.807) is 6.92 Å². The molecule has 8 nitrogen and oxygen atoms in total. The molecule has 1 saturated heterocycles. The fraction of sp³-hybridized carbons (Fsp3) is 0.650. The lowest BCUT2D eigenvalue weighted by Crippen LogP contribution is -2.35. The van der Waals surface area contributed by atoms with E-state index < -0.39 is 0 Å². The highest BCUT2D eigenvalue weighted by Crippen LogP contribution is 2.23. The average molecular weight is 387 g/mol. The van der Waals surface area contributed by atoms with Crippen LogP contribution in [0, 0.1) is 13.8 Å². The van der Waals surface area contributed by atoms with Crippen molar-refractivity contribution >= 4 is 5.91 Å². The van der Waals surface area contributed by atoms with Crippen molar-refractivity contribution in [2.45, 2.75) is 53.3 Å². The number of fused-ring (bicyclic) bond motifs is 1. The molecule has 0 radical (unpaired) electrons. The van der Waals surface area contributed by atoms with E-state index in [4.69, 9.17) is 14.4 Å². The Hall–Kier alpha value is -2.19. The Kier molecular flexibility index (Phi) is 5.50. The van der Waals surface area contributed by atoms with E-state index in [1.165, 1.54) is 11.3 Å². The molecule has 4 rings (SSSR count). The van der Waals surface area contributed by atoms with Gasteiger partial charge in [-0.2, -0.15) is 5.10 Å². The lowest BCUT2D eigenvalue weighted by atomic mass is 10.1. The van der Waals surface area contributed by atoms with Gasteiger partial charge in [0.15, 0.2) is 0 Å².